The zero-order chi connectivity index (χ0) is 10.6. The van der Waals surface area contributed by atoms with Gasteiger partial charge in [0.05, 0.1) is 16.6 Å². The molecule has 0 unspecified atom stereocenters. The molecule has 74 valence electrons. The van der Waals surface area contributed by atoms with Crippen molar-refractivity contribution in [2.75, 3.05) is 6.61 Å². The standard InChI is InChI=1S/C10H9BrFNO/c1-2-3-14-10-7(6-13)4-8(12)5-9(10)11/h4-5H,2-3H2,1H3. The first-order chi connectivity index (χ1) is 6.69. The summed E-state index contributed by atoms with van der Waals surface area (Å²) in [5.41, 5.74) is 0.213. The minimum atomic E-state index is -0.447. The van der Waals surface area contributed by atoms with Crippen LogP contribution >= 0.6 is 15.9 Å². The van der Waals surface area contributed by atoms with Crippen LogP contribution in [0.4, 0.5) is 4.39 Å². The molecule has 14 heavy (non-hydrogen) atoms. The molecule has 0 heterocycles. The van der Waals surface area contributed by atoms with Gasteiger partial charge in [-0.05, 0) is 34.5 Å². The summed E-state index contributed by atoms with van der Waals surface area (Å²) >= 11 is 3.15. The summed E-state index contributed by atoms with van der Waals surface area (Å²) in [6.45, 7) is 2.47. The highest BCUT2D eigenvalue weighted by Gasteiger charge is 2.10. The molecule has 0 fully saturated rings. The second-order valence-electron chi connectivity index (χ2n) is 2.72. The molecule has 0 aliphatic carbocycles. The van der Waals surface area contributed by atoms with Crippen molar-refractivity contribution in [3.8, 4) is 11.8 Å². The zero-order valence-corrected chi connectivity index (χ0v) is 9.27. The molecule has 4 heteroatoms. The van der Waals surface area contributed by atoms with Crippen molar-refractivity contribution in [1.29, 1.82) is 5.26 Å². The van der Waals surface area contributed by atoms with Gasteiger partial charge in [0, 0.05) is 0 Å². The number of hydrogen-bond donors (Lipinski definition) is 0. The first-order valence-corrected chi connectivity index (χ1v) is 5.00. The number of hydrogen-bond acceptors (Lipinski definition) is 2. The maximum absolute atomic E-state index is 12.9. The van der Waals surface area contributed by atoms with E-state index in [2.05, 4.69) is 15.9 Å². The summed E-state index contributed by atoms with van der Waals surface area (Å²) in [6.07, 6.45) is 0.842. The molecule has 2 nitrogen and oxygen atoms in total. The molecule has 0 aliphatic heterocycles. The van der Waals surface area contributed by atoms with Crippen LogP contribution in [0.15, 0.2) is 16.6 Å². The molecule has 0 saturated carbocycles. The van der Waals surface area contributed by atoms with Gasteiger partial charge >= 0.3 is 0 Å². The third-order valence-corrected chi connectivity index (χ3v) is 2.17. The summed E-state index contributed by atoms with van der Waals surface area (Å²) in [6, 6.07) is 4.34. The minimum absolute atomic E-state index is 0.213. The molecule has 0 saturated heterocycles. The maximum Gasteiger partial charge on any atom is 0.151 e. The SMILES string of the molecule is CCCOc1c(Br)cc(F)cc1C#N. The molecule has 0 radical (unpaired) electrons. The Balaban J connectivity index is 3.07. The van der Waals surface area contributed by atoms with Crippen molar-refractivity contribution in [1.82, 2.24) is 0 Å². The first-order valence-electron chi connectivity index (χ1n) is 4.21. The summed E-state index contributed by atoms with van der Waals surface area (Å²) in [7, 11) is 0. The molecule has 0 aliphatic rings. The van der Waals surface area contributed by atoms with E-state index < -0.39 is 5.82 Å². The number of nitriles is 1. The number of halogens is 2. The van der Waals surface area contributed by atoms with Crippen LogP contribution in [0.1, 0.15) is 18.9 Å². The highest BCUT2D eigenvalue weighted by Crippen LogP contribution is 2.29. The average Bonchev–Trinajstić information content (AvgIpc) is 2.15. The van der Waals surface area contributed by atoms with Crippen LogP contribution < -0.4 is 4.74 Å². The van der Waals surface area contributed by atoms with Crippen molar-refractivity contribution in [3.05, 3.63) is 28.0 Å². The van der Waals surface area contributed by atoms with Crippen molar-refractivity contribution in [2.24, 2.45) is 0 Å². The molecular weight excluding hydrogens is 249 g/mol. The number of ether oxygens (including phenoxy) is 1. The predicted molar refractivity (Wildman–Crippen MR) is 54.6 cm³/mol. The molecule has 1 aromatic carbocycles. The lowest BCUT2D eigenvalue weighted by atomic mass is 10.2. The molecular formula is C10H9BrFNO. The summed E-state index contributed by atoms with van der Waals surface area (Å²) < 4.78 is 18.7. The topological polar surface area (TPSA) is 33.0 Å². The smallest absolute Gasteiger partial charge is 0.151 e. The lowest BCUT2D eigenvalue weighted by Crippen LogP contribution is -1.98. The van der Waals surface area contributed by atoms with E-state index in [4.69, 9.17) is 10.00 Å². The molecule has 1 rings (SSSR count). The third kappa shape index (κ3) is 2.46. The van der Waals surface area contributed by atoms with Gasteiger partial charge in [0.2, 0.25) is 0 Å². The van der Waals surface area contributed by atoms with Crippen molar-refractivity contribution >= 4 is 15.9 Å². The molecule has 0 amide bonds. The van der Waals surface area contributed by atoms with Crippen LogP contribution in [-0.4, -0.2) is 6.61 Å². The third-order valence-electron chi connectivity index (χ3n) is 1.58. The molecule has 0 N–H and O–H groups in total. The Hall–Kier alpha value is -1.08. The lowest BCUT2D eigenvalue weighted by molar-refractivity contribution is 0.314. The van der Waals surface area contributed by atoms with E-state index in [0.717, 1.165) is 12.5 Å². The molecule has 0 spiro atoms. The van der Waals surface area contributed by atoms with Gasteiger partial charge in [0.1, 0.15) is 11.9 Å². The van der Waals surface area contributed by atoms with Gasteiger partial charge < -0.3 is 4.74 Å². The summed E-state index contributed by atoms with van der Waals surface area (Å²) in [5.74, 6) is -0.0342. The molecule has 1 aromatic rings. The number of rotatable bonds is 3. The first kappa shape index (κ1) is 11.0. The van der Waals surface area contributed by atoms with Gasteiger partial charge in [0.25, 0.3) is 0 Å². The van der Waals surface area contributed by atoms with Gasteiger partial charge in [-0.3, -0.25) is 0 Å². The van der Waals surface area contributed by atoms with Crippen LogP contribution in [0.2, 0.25) is 0 Å². The van der Waals surface area contributed by atoms with E-state index in [0.29, 0.717) is 16.8 Å². The van der Waals surface area contributed by atoms with E-state index >= 15 is 0 Å². The highest BCUT2D eigenvalue weighted by atomic mass is 79.9. The van der Waals surface area contributed by atoms with E-state index in [1.54, 1.807) is 0 Å². The predicted octanol–water partition coefficient (Wildman–Crippen LogP) is 3.25. The van der Waals surface area contributed by atoms with Crippen LogP contribution in [0, 0.1) is 17.1 Å². The fraction of sp³-hybridized carbons (Fsp3) is 0.300. The Kier molecular flexibility index (Phi) is 3.90. The van der Waals surface area contributed by atoms with Crippen LogP contribution in [0.3, 0.4) is 0 Å². The monoisotopic (exact) mass is 257 g/mol. The Labute approximate surface area is 90.4 Å². The lowest BCUT2D eigenvalue weighted by Gasteiger charge is -2.08. The molecule has 0 bridgehead atoms. The van der Waals surface area contributed by atoms with Gasteiger partial charge in [-0.15, -0.1) is 0 Å². The Morgan fingerprint density at radius 2 is 2.29 bits per heavy atom. The van der Waals surface area contributed by atoms with E-state index in [1.807, 2.05) is 13.0 Å². The normalized spacial score (nSPS) is 9.57. The minimum Gasteiger partial charge on any atom is -0.491 e. The van der Waals surface area contributed by atoms with Crippen molar-refractivity contribution in [3.63, 3.8) is 0 Å². The van der Waals surface area contributed by atoms with E-state index in [9.17, 15) is 4.39 Å². The van der Waals surface area contributed by atoms with Crippen molar-refractivity contribution in [2.45, 2.75) is 13.3 Å². The average molecular weight is 258 g/mol. The highest BCUT2D eigenvalue weighted by molar-refractivity contribution is 9.10. The quantitative estimate of drug-likeness (QED) is 0.833. The fourth-order valence-corrected chi connectivity index (χ4v) is 1.54. The van der Waals surface area contributed by atoms with Crippen LogP contribution in [0.25, 0.3) is 0 Å². The van der Waals surface area contributed by atoms with Gasteiger partial charge in [-0.25, -0.2) is 4.39 Å². The Morgan fingerprint density at radius 1 is 1.57 bits per heavy atom. The second-order valence-corrected chi connectivity index (χ2v) is 3.58. The van der Waals surface area contributed by atoms with Crippen molar-refractivity contribution < 1.29 is 9.13 Å². The van der Waals surface area contributed by atoms with Crippen LogP contribution in [-0.2, 0) is 0 Å². The largest absolute Gasteiger partial charge is 0.491 e. The second kappa shape index (κ2) is 4.97. The van der Waals surface area contributed by atoms with E-state index in [-0.39, 0.29) is 5.56 Å². The summed E-state index contributed by atoms with van der Waals surface area (Å²) in [5, 5.41) is 8.75. The van der Waals surface area contributed by atoms with Gasteiger partial charge in [-0.1, -0.05) is 6.92 Å². The Bertz CT molecular complexity index is 373. The molecule has 0 aromatic heterocycles. The maximum atomic E-state index is 12.9. The summed E-state index contributed by atoms with van der Waals surface area (Å²) in [4.78, 5) is 0. The Morgan fingerprint density at radius 3 is 2.86 bits per heavy atom. The number of benzene rings is 1. The molecule has 0 atom stereocenters. The van der Waals surface area contributed by atoms with Gasteiger partial charge in [0.15, 0.2) is 5.75 Å². The number of nitrogens with zero attached hydrogens (tertiary/aromatic N) is 1. The van der Waals surface area contributed by atoms with Crippen LogP contribution in [0.5, 0.6) is 5.75 Å². The zero-order valence-electron chi connectivity index (χ0n) is 7.68. The van der Waals surface area contributed by atoms with Gasteiger partial charge in [-0.2, -0.15) is 5.26 Å². The van der Waals surface area contributed by atoms with E-state index in [1.165, 1.54) is 6.07 Å². The fourth-order valence-electron chi connectivity index (χ4n) is 0.994.